The number of hydrogen-bond donors (Lipinski definition) is 1. The molecule has 4 heteroatoms. The standard InChI is InChI=1S/C18H13ClN2O/c1-10-2-5-15-14(6-10)16(19)17(21-15)18(22)11-3-4-12-8-20-9-13(12)7-11/h2-7,9,21H,8H2,1H3. The third kappa shape index (κ3) is 1.97. The van der Waals surface area contributed by atoms with Gasteiger partial charge in [0.2, 0.25) is 5.78 Å². The number of nitrogens with zero attached hydrogens (tertiary/aromatic N) is 1. The highest BCUT2D eigenvalue weighted by molar-refractivity contribution is 6.39. The van der Waals surface area contributed by atoms with Crippen LogP contribution in [0, 0.1) is 6.92 Å². The molecule has 0 unspecified atom stereocenters. The summed E-state index contributed by atoms with van der Waals surface area (Å²) in [5.41, 5.74) is 5.21. The number of carbonyl (C=O) groups is 1. The van der Waals surface area contributed by atoms with Gasteiger partial charge in [0.15, 0.2) is 0 Å². The highest BCUT2D eigenvalue weighted by Crippen LogP contribution is 2.30. The molecule has 0 radical (unpaired) electrons. The van der Waals surface area contributed by atoms with Crippen molar-refractivity contribution < 1.29 is 4.79 Å². The van der Waals surface area contributed by atoms with Crippen LogP contribution in [0.1, 0.15) is 32.7 Å². The summed E-state index contributed by atoms with van der Waals surface area (Å²) >= 11 is 6.41. The molecule has 0 amide bonds. The predicted octanol–water partition coefficient (Wildman–Crippen LogP) is 4.29. The fraction of sp³-hybridized carbons (Fsp3) is 0.111. The summed E-state index contributed by atoms with van der Waals surface area (Å²) in [6.45, 7) is 2.69. The Bertz CT molecular complexity index is 953. The van der Waals surface area contributed by atoms with Crippen LogP contribution in [0.2, 0.25) is 5.02 Å². The number of aromatic nitrogens is 1. The van der Waals surface area contributed by atoms with Gasteiger partial charge in [0.05, 0.1) is 11.6 Å². The van der Waals surface area contributed by atoms with E-state index in [1.807, 2.05) is 49.5 Å². The Morgan fingerprint density at radius 2 is 2.09 bits per heavy atom. The van der Waals surface area contributed by atoms with E-state index >= 15 is 0 Å². The zero-order chi connectivity index (χ0) is 15.3. The maximum atomic E-state index is 12.8. The number of H-pyrrole nitrogens is 1. The van der Waals surface area contributed by atoms with Crippen molar-refractivity contribution in [2.24, 2.45) is 4.99 Å². The van der Waals surface area contributed by atoms with Gasteiger partial charge in [0, 0.05) is 22.7 Å². The normalized spacial score (nSPS) is 12.8. The summed E-state index contributed by atoms with van der Waals surface area (Å²) in [6, 6.07) is 11.6. The maximum absolute atomic E-state index is 12.8. The Kier molecular flexibility index (Phi) is 2.91. The third-order valence-corrected chi connectivity index (χ3v) is 4.41. The lowest BCUT2D eigenvalue weighted by molar-refractivity contribution is 0.103. The van der Waals surface area contributed by atoms with Crippen LogP contribution in [-0.2, 0) is 6.54 Å². The van der Waals surface area contributed by atoms with Gasteiger partial charge in [-0.05, 0) is 36.2 Å². The van der Waals surface area contributed by atoms with E-state index in [-0.39, 0.29) is 5.78 Å². The van der Waals surface area contributed by atoms with Crippen LogP contribution < -0.4 is 0 Å². The Balaban J connectivity index is 1.83. The topological polar surface area (TPSA) is 45.2 Å². The molecule has 0 bridgehead atoms. The molecule has 22 heavy (non-hydrogen) atoms. The first-order valence-corrected chi connectivity index (χ1v) is 7.46. The average Bonchev–Trinajstić information content (AvgIpc) is 3.11. The van der Waals surface area contributed by atoms with Crippen LogP contribution in [0.5, 0.6) is 0 Å². The number of halogens is 1. The van der Waals surface area contributed by atoms with Crippen molar-refractivity contribution >= 4 is 34.5 Å². The fourth-order valence-corrected chi connectivity index (χ4v) is 3.11. The van der Waals surface area contributed by atoms with Gasteiger partial charge in [-0.15, -0.1) is 0 Å². The largest absolute Gasteiger partial charge is 0.351 e. The van der Waals surface area contributed by atoms with Crippen molar-refractivity contribution in [3.63, 3.8) is 0 Å². The van der Waals surface area contributed by atoms with Gasteiger partial charge in [-0.25, -0.2) is 0 Å². The van der Waals surface area contributed by atoms with Crippen LogP contribution in [0.25, 0.3) is 10.9 Å². The Morgan fingerprint density at radius 1 is 1.23 bits per heavy atom. The summed E-state index contributed by atoms with van der Waals surface area (Å²) in [7, 11) is 0. The molecule has 0 aliphatic carbocycles. The van der Waals surface area contributed by atoms with E-state index in [1.54, 1.807) is 0 Å². The summed E-state index contributed by atoms with van der Waals surface area (Å²) in [5.74, 6) is -0.0954. The molecule has 1 aliphatic rings. The lowest BCUT2D eigenvalue weighted by Gasteiger charge is -2.02. The summed E-state index contributed by atoms with van der Waals surface area (Å²) < 4.78 is 0. The SMILES string of the molecule is Cc1ccc2[nH]c(C(=O)c3ccc4c(c3)C=NC4)c(Cl)c2c1. The molecule has 0 saturated carbocycles. The number of nitrogens with one attached hydrogen (secondary N) is 1. The number of ketones is 1. The zero-order valence-electron chi connectivity index (χ0n) is 12.0. The quantitative estimate of drug-likeness (QED) is 0.705. The summed E-state index contributed by atoms with van der Waals surface area (Å²) in [5, 5.41) is 1.37. The maximum Gasteiger partial charge on any atom is 0.210 e. The van der Waals surface area contributed by atoms with E-state index in [2.05, 4.69) is 9.98 Å². The van der Waals surface area contributed by atoms with E-state index in [9.17, 15) is 4.79 Å². The molecular formula is C18H13ClN2O. The van der Waals surface area contributed by atoms with Crippen molar-refractivity contribution in [1.29, 1.82) is 0 Å². The lowest BCUT2D eigenvalue weighted by Crippen LogP contribution is -2.03. The third-order valence-electron chi connectivity index (χ3n) is 4.02. The van der Waals surface area contributed by atoms with Crippen LogP contribution in [-0.4, -0.2) is 17.0 Å². The summed E-state index contributed by atoms with van der Waals surface area (Å²) in [4.78, 5) is 20.1. The van der Waals surface area contributed by atoms with E-state index in [0.29, 0.717) is 22.8 Å². The van der Waals surface area contributed by atoms with Crippen molar-refractivity contribution in [3.05, 3.63) is 69.4 Å². The molecule has 0 fully saturated rings. The fourth-order valence-electron chi connectivity index (χ4n) is 2.82. The van der Waals surface area contributed by atoms with Gasteiger partial charge in [-0.2, -0.15) is 0 Å². The second kappa shape index (κ2) is 4.82. The van der Waals surface area contributed by atoms with Crippen LogP contribution in [0.4, 0.5) is 0 Å². The minimum absolute atomic E-state index is 0.0954. The van der Waals surface area contributed by atoms with Crippen molar-refractivity contribution in [1.82, 2.24) is 4.98 Å². The molecule has 1 aromatic heterocycles. The second-order valence-corrected chi connectivity index (χ2v) is 5.95. The first kappa shape index (κ1) is 13.3. The molecule has 2 aromatic carbocycles. The number of hydrogen-bond acceptors (Lipinski definition) is 2. The van der Waals surface area contributed by atoms with Gasteiger partial charge >= 0.3 is 0 Å². The Hall–Kier alpha value is -2.39. The van der Waals surface area contributed by atoms with Crippen LogP contribution >= 0.6 is 11.6 Å². The molecule has 108 valence electrons. The molecule has 3 nitrogen and oxygen atoms in total. The van der Waals surface area contributed by atoms with Crippen LogP contribution in [0.15, 0.2) is 41.4 Å². The van der Waals surface area contributed by atoms with E-state index < -0.39 is 0 Å². The number of carbonyl (C=O) groups excluding carboxylic acids is 1. The van der Waals surface area contributed by atoms with E-state index in [1.165, 1.54) is 0 Å². The second-order valence-electron chi connectivity index (χ2n) is 5.58. The van der Waals surface area contributed by atoms with E-state index in [4.69, 9.17) is 11.6 Å². The smallest absolute Gasteiger partial charge is 0.210 e. The number of rotatable bonds is 2. The van der Waals surface area contributed by atoms with Crippen molar-refractivity contribution in [2.75, 3.05) is 0 Å². The Labute approximate surface area is 132 Å². The van der Waals surface area contributed by atoms with Gasteiger partial charge in [-0.3, -0.25) is 9.79 Å². The zero-order valence-corrected chi connectivity index (χ0v) is 12.7. The minimum Gasteiger partial charge on any atom is -0.351 e. The predicted molar refractivity (Wildman–Crippen MR) is 89.2 cm³/mol. The molecule has 1 aliphatic heterocycles. The van der Waals surface area contributed by atoms with Gasteiger partial charge in [0.25, 0.3) is 0 Å². The number of fused-ring (bicyclic) bond motifs is 2. The molecule has 4 rings (SSSR count). The molecule has 3 aromatic rings. The molecule has 0 spiro atoms. The lowest BCUT2D eigenvalue weighted by atomic mass is 10.0. The van der Waals surface area contributed by atoms with Crippen molar-refractivity contribution in [3.8, 4) is 0 Å². The molecule has 1 N–H and O–H groups in total. The Morgan fingerprint density at radius 3 is 2.95 bits per heavy atom. The molecule has 0 atom stereocenters. The molecular weight excluding hydrogens is 296 g/mol. The van der Waals surface area contributed by atoms with E-state index in [0.717, 1.165) is 27.6 Å². The van der Waals surface area contributed by atoms with Gasteiger partial charge in [0.1, 0.15) is 5.69 Å². The number of aryl methyl sites for hydroxylation is 1. The first-order valence-electron chi connectivity index (χ1n) is 7.09. The monoisotopic (exact) mass is 308 g/mol. The van der Waals surface area contributed by atoms with Gasteiger partial charge < -0.3 is 4.98 Å². The molecule has 2 heterocycles. The minimum atomic E-state index is -0.0954. The average molecular weight is 309 g/mol. The van der Waals surface area contributed by atoms with Crippen molar-refractivity contribution in [2.45, 2.75) is 13.5 Å². The first-order chi connectivity index (χ1) is 10.6. The summed E-state index contributed by atoms with van der Waals surface area (Å²) in [6.07, 6.45) is 1.81. The highest BCUT2D eigenvalue weighted by Gasteiger charge is 2.19. The van der Waals surface area contributed by atoms with Gasteiger partial charge in [-0.1, -0.05) is 35.4 Å². The number of benzene rings is 2. The number of aliphatic imine (C=N–C) groups is 1. The van der Waals surface area contributed by atoms with Crippen LogP contribution in [0.3, 0.4) is 0 Å². The number of aromatic amines is 1. The molecule has 0 saturated heterocycles. The highest BCUT2D eigenvalue weighted by atomic mass is 35.5.